The largest absolute Gasteiger partial charge is 0.491 e. The maximum Gasteiger partial charge on any atom is 0.274 e. The van der Waals surface area contributed by atoms with Crippen molar-refractivity contribution in [2.24, 2.45) is 5.92 Å². The molecule has 7 nitrogen and oxygen atoms in total. The fourth-order valence-corrected chi connectivity index (χ4v) is 5.31. The first-order valence-corrected chi connectivity index (χ1v) is 10.3. The summed E-state index contributed by atoms with van der Waals surface area (Å²) in [6, 6.07) is 3.11. The Kier molecular flexibility index (Phi) is 4.56. The molecule has 2 aromatic rings. The number of rotatable bonds is 4. The van der Waals surface area contributed by atoms with E-state index < -0.39 is 23.0 Å². The highest BCUT2D eigenvalue weighted by Gasteiger charge is 2.52. The minimum atomic E-state index is -0.788. The Hall–Kier alpha value is -3.23. The molecule has 1 N–H and O–H groups in total. The summed E-state index contributed by atoms with van der Waals surface area (Å²) in [5.74, 6) is -2.20. The van der Waals surface area contributed by atoms with Crippen LogP contribution in [0.5, 0.6) is 5.75 Å². The number of amides is 2. The number of fused-ring (bicyclic) bond motifs is 2. The standard InChI is InChI=1S/C22H21F2N3O4/c1-31-20-18-22(30)26-7-6-11-3-5-16(17(11)26)27(18)10-14(19(20)28)21(29)25-9-12-2-4-13(23)8-15(12)24/h2,4,8,10-11,16-17H,3,5-7,9H2,1H3,(H,25,29). The number of nitrogens with one attached hydrogen (secondary N) is 1. The van der Waals surface area contributed by atoms with Crippen LogP contribution in [-0.4, -0.2) is 41.0 Å². The SMILES string of the molecule is COc1c2n(cc(C(=O)NCc3ccc(F)cc3F)c1=O)C1CCC3CCN(C2=O)C31. The Morgan fingerprint density at radius 2 is 2.03 bits per heavy atom. The van der Waals surface area contributed by atoms with Crippen molar-refractivity contribution in [2.45, 2.75) is 37.9 Å². The fraction of sp³-hybridized carbons (Fsp3) is 0.409. The Labute approximate surface area is 176 Å². The van der Waals surface area contributed by atoms with Crippen molar-refractivity contribution in [1.82, 2.24) is 14.8 Å². The number of aromatic nitrogens is 1. The third kappa shape index (κ3) is 2.94. The maximum absolute atomic E-state index is 13.9. The van der Waals surface area contributed by atoms with Gasteiger partial charge in [-0.2, -0.15) is 0 Å². The molecule has 2 amide bonds. The van der Waals surface area contributed by atoms with E-state index >= 15 is 0 Å². The second-order valence-electron chi connectivity index (χ2n) is 8.26. The molecule has 2 fully saturated rings. The van der Waals surface area contributed by atoms with Gasteiger partial charge >= 0.3 is 0 Å². The van der Waals surface area contributed by atoms with Crippen molar-refractivity contribution in [2.75, 3.05) is 13.7 Å². The summed E-state index contributed by atoms with van der Waals surface area (Å²) in [4.78, 5) is 40.7. The zero-order chi connectivity index (χ0) is 21.9. The van der Waals surface area contributed by atoms with Gasteiger partial charge in [0.2, 0.25) is 5.43 Å². The molecule has 1 saturated heterocycles. The molecule has 0 spiro atoms. The lowest BCUT2D eigenvalue weighted by Crippen LogP contribution is -2.48. The number of carbonyl (C=O) groups is 2. The Morgan fingerprint density at radius 1 is 1.23 bits per heavy atom. The number of pyridine rings is 1. The molecule has 1 aromatic heterocycles. The minimum Gasteiger partial charge on any atom is -0.491 e. The molecular weight excluding hydrogens is 408 g/mol. The number of nitrogens with zero attached hydrogens (tertiary/aromatic N) is 2. The number of hydrogen-bond donors (Lipinski definition) is 1. The Bertz CT molecular complexity index is 1160. The molecule has 9 heteroatoms. The highest BCUT2D eigenvalue weighted by atomic mass is 19.1. The summed E-state index contributed by atoms with van der Waals surface area (Å²) in [5, 5.41) is 2.51. The van der Waals surface area contributed by atoms with Gasteiger partial charge in [0.1, 0.15) is 17.2 Å². The predicted molar refractivity (Wildman–Crippen MR) is 106 cm³/mol. The van der Waals surface area contributed by atoms with Gasteiger partial charge in [-0.25, -0.2) is 8.78 Å². The molecule has 1 saturated carbocycles. The molecule has 3 unspecified atom stereocenters. The summed E-state index contributed by atoms with van der Waals surface area (Å²) in [7, 11) is 1.30. The van der Waals surface area contributed by atoms with Crippen LogP contribution in [0.3, 0.4) is 0 Å². The van der Waals surface area contributed by atoms with Crippen LogP contribution in [0.2, 0.25) is 0 Å². The maximum atomic E-state index is 13.9. The molecule has 1 aliphatic carbocycles. The third-order valence-corrected chi connectivity index (χ3v) is 6.73. The summed E-state index contributed by atoms with van der Waals surface area (Å²) < 4.78 is 34.0. The number of ether oxygens (including phenoxy) is 1. The normalized spacial score (nSPS) is 23.5. The molecule has 2 aliphatic heterocycles. The average Bonchev–Trinajstić information content (AvgIpc) is 3.35. The van der Waals surface area contributed by atoms with Crippen molar-refractivity contribution >= 4 is 11.8 Å². The predicted octanol–water partition coefficient (Wildman–Crippen LogP) is 2.24. The van der Waals surface area contributed by atoms with E-state index in [0.717, 1.165) is 31.4 Å². The lowest BCUT2D eigenvalue weighted by molar-refractivity contribution is 0.0609. The highest BCUT2D eigenvalue weighted by molar-refractivity contribution is 5.99. The van der Waals surface area contributed by atoms with Crippen LogP contribution in [0.1, 0.15) is 51.7 Å². The van der Waals surface area contributed by atoms with E-state index in [0.29, 0.717) is 12.5 Å². The smallest absolute Gasteiger partial charge is 0.274 e. The van der Waals surface area contributed by atoms with E-state index in [1.165, 1.54) is 19.4 Å². The van der Waals surface area contributed by atoms with E-state index in [9.17, 15) is 23.2 Å². The molecule has 162 valence electrons. The molecule has 0 radical (unpaired) electrons. The van der Waals surface area contributed by atoms with Crippen LogP contribution in [0.15, 0.2) is 29.2 Å². The fourth-order valence-electron chi connectivity index (χ4n) is 5.31. The second-order valence-corrected chi connectivity index (χ2v) is 8.26. The molecular formula is C22H21F2N3O4. The van der Waals surface area contributed by atoms with Gasteiger partial charge in [0, 0.05) is 30.9 Å². The molecule has 3 heterocycles. The van der Waals surface area contributed by atoms with Gasteiger partial charge in [-0.1, -0.05) is 6.07 Å². The first-order chi connectivity index (χ1) is 14.9. The van der Waals surface area contributed by atoms with Crippen molar-refractivity contribution in [3.05, 3.63) is 63.1 Å². The van der Waals surface area contributed by atoms with Gasteiger partial charge in [0.15, 0.2) is 11.4 Å². The van der Waals surface area contributed by atoms with Gasteiger partial charge in [-0.05, 0) is 31.2 Å². The molecule has 3 atom stereocenters. The number of methoxy groups -OCH3 is 1. The van der Waals surface area contributed by atoms with Gasteiger partial charge in [-0.3, -0.25) is 14.4 Å². The van der Waals surface area contributed by atoms with Crippen LogP contribution in [0.4, 0.5) is 8.78 Å². The van der Waals surface area contributed by atoms with Crippen LogP contribution in [0.25, 0.3) is 0 Å². The topological polar surface area (TPSA) is 80.6 Å². The van der Waals surface area contributed by atoms with Crippen molar-refractivity contribution in [1.29, 1.82) is 0 Å². The van der Waals surface area contributed by atoms with E-state index in [2.05, 4.69) is 5.32 Å². The van der Waals surface area contributed by atoms with Gasteiger partial charge < -0.3 is 19.5 Å². The summed E-state index contributed by atoms with van der Waals surface area (Å²) in [5.41, 5.74) is -0.593. The first-order valence-electron chi connectivity index (χ1n) is 10.3. The molecule has 0 bridgehead atoms. The molecule has 5 rings (SSSR count). The van der Waals surface area contributed by atoms with E-state index in [4.69, 9.17) is 4.74 Å². The van der Waals surface area contributed by atoms with Gasteiger partial charge in [-0.15, -0.1) is 0 Å². The van der Waals surface area contributed by atoms with Crippen LogP contribution >= 0.6 is 0 Å². The van der Waals surface area contributed by atoms with Crippen molar-refractivity contribution in [3.63, 3.8) is 0 Å². The number of halogens is 2. The molecule has 1 aromatic carbocycles. The quantitative estimate of drug-likeness (QED) is 0.809. The van der Waals surface area contributed by atoms with Gasteiger partial charge in [0.25, 0.3) is 11.8 Å². The van der Waals surface area contributed by atoms with Crippen molar-refractivity contribution in [3.8, 4) is 5.75 Å². The number of benzene rings is 1. The van der Waals surface area contributed by atoms with E-state index in [1.54, 1.807) is 4.57 Å². The highest BCUT2D eigenvalue weighted by Crippen LogP contribution is 2.48. The van der Waals surface area contributed by atoms with E-state index in [1.807, 2.05) is 4.90 Å². The van der Waals surface area contributed by atoms with Crippen LogP contribution in [-0.2, 0) is 6.54 Å². The van der Waals surface area contributed by atoms with Crippen molar-refractivity contribution < 1.29 is 23.1 Å². The number of carbonyl (C=O) groups excluding carboxylic acids is 2. The summed E-state index contributed by atoms with van der Waals surface area (Å²) in [6.45, 7) is 0.447. The van der Waals surface area contributed by atoms with Crippen LogP contribution < -0.4 is 15.5 Å². The Balaban J connectivity index is 1.51. The monoisotopic (exact) mass is 429 g/mol. The zero-order valence-corrected chi connectivity index (χ0v) is 16.9. The summed E-state index contributed by atoms with van der Waals surface area (Å²) >= 11 is 0. The van der Waals surface area contributed by atoms with E-state index in [-0.39, 0.29) is 47.1 Å². The average molecular weight is 429 g/mol. The first kappa shape index (κ1) is 19.7. The number of hydrogen-bond acceptors (Lipinski definition) is 4. The zero-order valence-electron chi connectivity index (χ0n) is 16.9. The third-order valence-electron chi connectivity index (χ3n) is 6.73. The molecule has 3 aliphatic rings. The lowest BCUT2D eigenvalue weighted by Gasteiger charge is -2.38. The summed E-state index contributed by atoms with van der Waals surface area (Å²) in [6.07, 6.45) is 4.19. The minimum absolute atomic E-state index is 0.0178. The second kappa shape index (κ2) is 7.18. The Morgan fingerprint density at radius 3 is 2.77 bits per heavy atom. The van der Waals surface area contributed by atoms with Gasteiger partial charge in [0.05, 0.1) is 19.2 Å². The van der Waals surface area contributed by atoms with Crippen LogP contribution in [0, 0.1) is 17.6 Å². The molecule has 31 heavy (non-hydrogen) atoms. The lowest BCUT2D eigenvalue weighted by atomic mass is 9.99.